The Morgan fingerprint density at radius 2 is 2.00 bits per heavy atom. The largest absolute Gasteiger partial charge is 0.315 e. The molecule has 1 aliphatic carbocycles. The van der Waals surface area contributed by atoms with Crippen LogP contribution in [0.3, 0.4) is 0 Å². The van der Waals surface area contributed by atoms with Gasteiger partial charge < -0.3 is 5.32 Å². The van der Waals surface area contributed by atoms with E-state index in [0.717, 1.165) is 18.0 Å². The van der Waals surface area contributed by atoms with Crippen molar-refractivity contribution >= 4 is 0 Å². The average molecular weight is 210 g/mol. The second-order valence-corrected chi connectivity index (χ2v) is 5.26. The molecule has 88 valence electrons. The first-order valence-corrected chi connectivity index (χ1v) is 6.79. The van der Waals surface area contributed by atoms with Crippen LogP contribution in [-0.4, -0.2) is 36.6 Å². The molecule has 0 bridgehead atoms. The third-order valence-electron chi connectivity index (χ3n) is 4.47. The Hall–Kier alpha value is -0.0800. The maximum atomic E-state index is 3.49. The third-order valence-corrected chi connectivity index (χ3v) is 4.47. The van der Waals surface area contributed by atoms with E-state index in [9.17, 15) is 0 Å². The first-order chi connectivity index (χ1) is 7.33. The van der Waals surface area contributed by atoms with Gasteiger partial charge >= 0.3 is 0 Å². The lowest BCUT2D eigenvalue weighted by atomic mass is 9.96. The maximum Gasteiger partial charge on any atom is 0.0235 e. The minimum atomic E-state index is 0.808. The lowest BCUT2D eigenvalue weighted by molar-refractivity contribution is 0.118. The topological polar surface area (TPSA) is 15.3 Å². The maximum absolute atomic E-state index is 3.49. The van der Waals surface area contributed by atoms with E-state index >= 15 is 0 Å². The van der Waals surface area contributed by atoms with E-state index in [1.54, 1.807) is 0 Å². The molecule has 1 saturated carbocycles. The van der Waals surface area contributed by atoms with Crippen LogP contribution in [0.2, 0.25) is 0 Å². The normalized spacial score (nSPS) is 30.2. The molecular formula is C13H26N2. The number of nitrogens with one attached hydrogen (secondary N) is 1. The zero-order valence-corrected chi connectivity index (χ0v) is 10.3. The van der Waals surface area contributed by atoms with Gasteiger partial charge in [0.15, 0.2) is 0 Å². The lowest BCUT2D eigenvalue weighted by Gasteiger charge is -2.36. The minimum absolute atomic E-state index is 0.808. The average Bonchev–Trinajstić information content (AvgIpc) is 2.91. The first kappa shape index (κ1) is 11.4. The summed E-state index contributed by atoms with van der Waals surface area (Å²) in [6.07, 6.45) is 7.23. The molecular weight excluding hydrogens is 184 g/mol. The molecule has 1 aliphatic heterocycles. The van der Waals surface area contributed by atoms with Crippen LogP contribution < -0.4 is 5.32 Å². The summed E-state index contributed by atoms with van der Waals surface area (Å²) in [7, 11) is 0. The number of rotatable bonds is 4. The van der Waals surface area contributed by atoms with Crippen molar-refractivity contribution in [1.82, 2.24) is 10.2 Å². The van der Waals surface area contributed by atoms with Crippen molar-refractivity contribution in [3.8, 4) is 0 Å². The summed E-state index contributed by atoms with van der Waals surface area (Å²) in [6.45, 7) is 8.44. The fourth-order valence-corrected chi connectivity index (χ4v) is 3.51. The second kappa shape index (κ2) is 5.31. The smallest absolute Gasteiger partial charge is 0.0235 e. The highest BCUT2D eigenvalue weighted by atomic mass is 15.2. The predicted octanol–water partition coefficient (Wildman–Crippen LogP) is 2.25. The molecule has 2 atom stereocenters. The molecule has 2 heteroatoms. The van der Waals surface area contributed by atoms with Crippen LogP contribution in [0.1, 0.15) is 46.0 Å². The van der Waals surface area contributed by atoms with Crippen molar-refractivity contribution in [3.63, 3.8) is 0 Å². The van der Waals surface area contributed by atoms with Crippen molar-refractivity contribution < 1.29 is 0 Å². The lowest BCUT2D eigenvalue weighted by Crippen LogP contribution is -2.45. The zero-order chi connectivity index (χ0) is 10.7. The zero-order valence-electron chi connectivity index (χ0n) is 10.3. The van der Waals surface area contributed by atoms with Gasteiger partial charge in [0, 0.05) is 18.6 Å². The standard InChI is InChI=1S/C13H26N2/c1-3-15(13-8-9-14-10-13)11(2)12-6-4-5-7-12/h11-14H,3-10H2,1-2H3. The Labute approximate surface area is 94.4 Å². The summed E-state index contributed by atoms with van der Waals surface area (Å²) >= 11 is 0. The summed E-state index contributed by atoms with van der Waals surface area (Å²) in [4.78, 5) is 2.75. The van der Waals surface area contributed by atoms with E-state index in [1.165, 1.54) is 51.7 Å². The quantitative estimate of drug-likeness (QED) is 0.765. The van der Waals surface area contributed by atoms with Crippen LogP contribution in [0.25, 0.3) is 0 Å². The monoisotopic (exact) mass is 210 g/mol. The van der Waals surface area contributed by atoms with Crippen molar-refractivity contribution in [3.05, 3.63) is 0 Å². The van der Waals surface area contributed by atoms with Gasteiger partial charge in [0.25, 0.3) is 0 Å². The molecule has 0 aromatic heterocycles. The van der Waals surface area contributed by atoms with Gasteiger partial charge in [-0.05, 0) is 45.2 Å². The Morgan fingerprint density at radius 1 is 1.27 bits per heavy atom. The molecule has 2 nitrogen and oxygen atoms in total. The van der Waals surface area contributed by atoms with E-state index in [0.29, 0.717) is 0 Å². The highest BCUT2D eigenvalue weighted by molar-refractivity contribution is 4.87. The van der Waals surface area contributed by atoms with Crippen LogP contribution in [0, 0.1) is 5.92 Å². The van der Waals surface area contributed by atoms with Crippen LogP contribution in [0.4, 0.5) is 0 Å². The highest BCUT2D eigenvalue weighted by Crippen LogP contribution is 2.31. The first-order valence-electron chi connectivity index (χ1n) is 6.79. The van der Waals surface area contributed by atoms with Crippen LogP contribution in [0.5, 0.6) is 0 Å². The fraction of sp³-hybridized carbons (Fsp3) is 1.00. The Bertz CT molecular complexity index is 181. The van der Waals surface area contributed by atoms with Crippen molar-refractivity contribution in [1.29, 1.82) is 0 Å². The molecule has 0 aromatic rings. The van der Waals surface area contributed by atoms with Gasteiger partial charge in [-0.15, -0.1) is 0 Å². The van der Waals surface area contributed by atoms with Gasteiger partial charge in [0.05, 0.1) is 0 Å². The van der Waals surface area contributed by atoms with E-state index in [4.69, 9.17) is 0 Å². The van der Waals surface area contributed by atoms with Crippen LogP contribution in [-0.2, 0) is 0 Å². The molecule has 1 heterocycles. The van der Waals surface area contributed by atoms with Crippen molar-refractivity contribution in [2.75, 3.05) is 19.6 Å². The van der Waals surface area contributed by atoms with Crippen LogP contribution in [0.15, 0.2) is 0 Å². The van der Waals surface area contributed by atoms with E-state index in [2.05, 4.69) is 24.1 Å². The highest BCUT2D eigenvalue weighted by Gasteiger charge is 2.30. The van der Waals surface area contributed by atoms with Gasteiger partial charge in [0.1, 0.15) is 0 Å². The Morgan fingerprint density at radius 3 is 2.53 bits per heavy atom. The second-order valence-electron chi connectivity index (χ2n) is 5.26. The number of hydrogen-bond acceptors (Lipinski definition) is 2. The fourth-order valence-electron chi connectivity index (χ4n) is 3.51. The molecule has 0 amide bonds. The van der Waals surface area contributed by atoms with E-state index < -0.39 is 0 Å². The van der Waals surface area contributed by atoms with Crippen molar-refractivity contribution in [2.45, 2.75) is 58.0 Å². The molecule has 0 spiro atoms. The molecule has 1 saturated heterocycles. The Kier molecular flexibility index (Phi) is 4.04. The summed E-state index contributed by atoms with van der Waals surface area (Å²) in [5.74, 6) is 0.977. The van der Waals surface area contributed by atoms with Gasteiger partial charge in [-0.2, -0.15) is 0 Å². The molecule has 1 N–H and O–H groups in total. The summed E-state index contributed by atoms with van der Waals surface area (Å²) in [6, 6.07) is 1.62. The van der Waals surface area contributed by atoms with Gasteiger partial charge in [-0.1, -0.05) is 19.8 Å². The molecule has 2 aliphatic rings. The molecule has 15 heavy (non-hydrogen) atoms. The predicted molar refractivity (Wildman–Crippen MR) is 65.1 cm³/mol. The van der Waals surface area contributed by atoms with Gasteiger partial charge in [-0.25, -0.2) is 0 Å². The number of likely N-dealkylation sites (N-methyl/N-ethyl adjacent to an activating group) is 1. The summed E-state index contributed by atoms with van der Waals surface area (Å²) in [5, 5.41) is 3.49. The molecule has 2 fully saturated rings. The van der Waals surface area contributed by atoms with Crippen LogP contribution >= 0.6 is 0 Å². The van der Waals surface area contributed by atoms with Gasteiger partial charge in [-0.3, -0.25) is 4.90 Å². The summed E-state index contributed by atoms with van der Waals surface area (Å²) < 4.78 is 0. The molecule has 2 rings (SSSR count). The molecule has 0 radical (unpaired) electrons. The van der Waals surface area contributed by atoms with E-state index in [-0.39, 0.29) is 0 Å². The van der Waals surface area contributed by atoms with Crippen molar-refractivity contribution in [2.24, 2.45) is 5.92 Å². The van der Waals surface area contributed by atoms with E-state index in [1.807, 2.05) is 0 Å². The molecule has 0 aromatic carbocycles. The summed E-state index contributed by atoms with van der Waals surface area (Å²) in [5.41, 5.74) is 0. The number of nitrogens with zero attached hydrogens (tertiary/aromatic N) is 1. The third kappa shape index (κ3) is 2.54. The number of hydrogen-bond donors (Lipinski definition) is 1. The van der Waals surface area contributed by atoms with Gasteiger partial charge in [0.2, 0.25) is 0 Å². The minimum Gasteiger partial charge on any atom is -0.315 e. The molecule has 2 unspecified atom stereocenters. The Balaban J connectivity index is 1.91. The SMILES string of the molecule is CCN(C1CCNC1)C(C)C1CCCC1.